The number of carbonyl (C=O) groups excluding carboxylic acids is 1. The Labute approximate surface area is 142 Å². The van der Waals surface area contributed by atoms with Crippen molar-refractivity contribution in [3.05, 3.63) is 77.0 Å². The number of ether oxygens (including phenoxy) is 1. The minimum Gasteiger partial charge on any atom is -0.456 e. The van der Waals surface area contributed by atoms with Gasteiger partial charge in [0.05, 0.1) is 5.69 Å². The maximum atomic E-state index is 12.1. The first-order chi connectivity index (χ1) is 11.5. The summed E-state index contributed by atoms with van der Waals surface area (Å²) in [7, 11) is 0. The van der Waals surface area contributed by atoms with E-state index < -0.39 is 5.97 Å². The highest BCUT2D eigenvalue weighted by atomic mass is 16.5. The Balaban J connectivity index is 2.89. The standard InChI is InChI=1S/C19H22N2O3/c1-5-8-10-11-15(4)19(23)24-14-16-13-18(22)21(12-9-6-2)17(7-3)20-16/h5,7-13H,1,3,6,14H2,2,4H3/b10-8-,12-9-,15-11+. The van der Waals surface area contributed by atoms with Crippen LogP contribution < -0.4 is 5.56 Å². The van der Waals surface area contributed by atoms with Crippen LogP contribution in [0.4, 0.5) is 0 Å². The van der Waals surface area contributed by atoms with Crippen LogP contribution in [0.2, 0.25) is 0 Å². The monoisotopic (exact) mass is 326 g/mol. The maximum absolute atomic E-state index is 12.1. The van der Waals surface area contributed by atoms with Crippen molar-refractivity contribution in [2.45, 2.75) is 26.9 Å². The number of hydrogen-bond donors (Lipinski definition) is 0. The summed E-state index contributed by atoms with van der Waals surface area (Å²) in [6.45, 7) is 10.7. The topological polar surface area (TPSA) is 61.2 Å². The highest BCUT2D eigenvalue weighted by Crippen LogP contribution is 2.04. The number of allylic oxidation sites excluding steroid dienone is 5. The van der Waals surface area contributed by atoms with Crippen molar-refractivity contribution in [1.29, 1.82) is 0 Å². The fraction of sp³-hybridized carbons (Fsp3) is 0.211. The third kappa shape index (κ3) is 5.68. The molecule has 0 N–H and O–H groups in total. The fourth-order valence-corrected chi connectivity index (χ4v) is 1.74. The van der Waals surface area contributed by atoms with Gasteiger partial charge in [-0.1, -0.05) is 50.5 Å². The van der Waals surface area contributed by atoms with Gasteiger partial charge in [0.15, 0.2) is 0 Å². The van der Waals surface area contributed by atoms with Gasteiger partial charge in [-0.3, -0.25) is 9.36 Å². The fourth-order valence-electron chi connectivity index (χ4n) is 1.74. The van der Waals surface area contributed by atoms with E-state index in [-0.39, 0.29) is 12.2 Å². The van der Waals surface area contributed by atoms with E-state index in [0.29, 0.717) is 17.1 Å². The Bertz CT molecular complexity index is 752. The molecule has 0 saturated heterocycles. The molecule has 5 nitrogen and oxygen atoms in total. The highest BCUT2D eigenvalue weighted by molar-refractivity contribution is 5.88. The normalized spacial score (nSPS) is 11.8. The Hall–Kier alpha value is -2.95. The molecule has 0 unspecified atom stereocenters. The van der Waals surface area contributed by atoms with E-state index in [0.717, 1.165) is 6.42 Å². The van der Waals surface area contributed by atoms with Gasteiger partial charge in [0.2, 0.25) is 0 Å². The first kappa shape index (κ1) is 19.1. The van der Waals surface area contributed by atoms with Crippen LogP contribution in [0, 0.1) is 0 Å². The van der Waals surface area contributed by atoms with Crippen molar-refractivity contribution in [3.8, 4) is 0 Å². The Morgan fingerprint density at radius 1 is 1.38 bits per heavy atom. The van der Waals surface area contributed by atoms with Gasteiger partial charge in [0.25, 0.3) is 5.56 Å². The summed E-state index contributed by atoms with van der Waals surface area (Å²) >= 11 is 0. The lowest BCUT2D eigenvalue weighted by molar-refractivity contribution is -0.140. The molecule has 5 heteroatoms. The van der Waals surface area contributed by atoms with E-state index in [1.807, 2.05) is 13.0 Å². The minimum absolute atomic E-state index is 0.0798. The molecule has 1 heterocycles. The summed E-state index contributed by atoms with van der Waals surface area (Å²) in [5.41, 5.74) is 0.562. The quantitative estimate of drug-likeness (QED) is 0.417. The lowest BCUT2D eigenvalue weighted by Crippen LogP contribution is -2.20. The Morgan fingerprint density at radius 2 is 2.12 bits per heavy atom. The second-order valence-corrected chi connectivity index (χ2v) is 4.86. The summed E-state index contributed by atoms with van der Waals surface area (Å²) in [4.78, 5) is 28.3. The van der Waals surface area contributed by atoms with Gasteiger partial charge in [-0.05, 0) is 19.4 Å². The summed E-state index contributed by atoms with van der Waals surface area (Å²) in [5, 5.41) is 0. The molecule has 0 aliphatic rings. The van der Waals surface area contributed by atoms with Crippen LogP contribution in [0.1, 0.15) is 31.8 Å². The average molecular weight is 326 g/mol. The van der Waals surface area contributed by atoms with E-state index in [2.05, 4.69) is 18.1 Å². The summed E-state index contributed by atoms with van der Waals surface area (Å²) in [5.74, 6) is -0.0693. The number of esters is 1. The van der Waals surface area contributed by atoms with Crippen molar-refractivity contribution in [1.82, 2.24) is 9.55 Å². The largest absolute Gasteiger partial charge is 0.456 e. The van der Waals surface area contributed by atoms with Gasteiger partial charge < -0.3 is 4.74 Å². The zero-order valence-corrected chi connectivity index (χ0v) is 14.1. The van der Waals surface area contributed by atoms with E-state index in [4.69, 9.17) is 4.74 Å². The first-order valence-electron chi connectivity index (χ1n) is 7.58. The molecule has 1 rings (SSSR count). The molecule has 1 aromatic rings. The average Bonchev–Trinajstić information content (AvgIpc) is 2.58. The van der Waals surface area contributed by atoms with Crippen molar-refractivity contribution in [3.63, 3.8) is 0 Å². The van der Waals surface area contributed by atoms with Crippen LogP contribution in [-0.4, -0.2) is 15.5 Å². The van der Waals surface area contributed by atoms with Crippen LogP contribution >= 0.6 is 0 Å². The third-order valence-electron chi connectivity index (χ3n) is 2.97. The number of aromatic nitrogens is 2. The molecule has 0 amide bonds. The number of hydrogen-bond acceptors (Lipinski definition) is 4. The minimum atomic E-state index is -0.472. The number of rotatable bonds is 8. The molecule has 0 fully saturated rings. The van der Waals surface area contributed by atoms with Gasteiger partial charge in [-0.25, -0.2) is 9.78 Å². The molecule has 1 aromatic heterocycles. The van der Waals surface area contributed by atoms with Crippen molar-refractivity contribution in [2.75, 3.05) is 0 Å². The zero-order chi connectivity index (χ0) is 17.9. The molecule has 0 aliphatic carbocycles. The Kier molecular flexibility index (Phi) is 7.91. The van der Waals surface area contributed by atoms with Crippen LogP contribution in [0.15, 0.2) is 60.0 Å². The van der Waals surface area contributed by atoms with Crippen LogP contribution in [0.5, 0.6) is 0 Å². The molecular weight excluding hydrogens is 304 g/mol. The highest BCUT2D eigenvalue weighted by Gasteiger charge is 2.09. The van der Waals surface area contributed by atoms with E-state index >= 15 is 0 Å². The van der Waals surface area contributed by atoms with E-state index in [1.165, 1.54) is 16.7 Å². The SMILES string of the molecule is C=C/C=C\C=C(/C)C(=O)OCc1cc(=O)n(/C=C\CC)c(C=C)n1. The lowest BCUT2D eigenvalue weighted by atomic mass is 10.3. The maximum Gasteiger partial charge on any atom is 0.334 e. The molecule has 0 aliphatic heterocycles. The summed E-state index contributed by atoms with van der Waals surface area (Å²) < 4.78 is 6.56. The molecule has 24 heavy (non-hydrogen) atoms. The lowest BCUT2D eigenvalue weighted by Gasteiger charge is -2.08. The van der Waals surface area contributed by atoms with Crippen LogP contribution in [0.25, 0.3) is 12.3 Å². The number of nitrogens with zero attached hydrogens (tertiary/aromatic N) is 2. The smallest absolute Gasteiger partial charge is 0.334 e. The van der Waals surface area contributed by atoms with Gasteiger partial charge in [0.1, 0.15) is 12.4 Å². The third-order valence-corrected chi connectivity index (χ3v) is 2.97. The molecule has 0 atom stereocenters. The molecular formula is C19H22N2O3. The van der Waals surface area contributed by atoms with Gasteiger partial charge in [-0.15, -0.1) is 0 Å². The van der Waals surface area contributed by atoms with Gasteiger partial charge >= 0.3 is 5.97 Å². The van der Waals surface area contributed by atoms with Crippen molar-refractivity contribution >= 4 is 18.2 Å². The second kappa shape index (κ2) is 9.94. The molecule has 0 saturated carbocycles. The first-order valence-corrected chi connectivity index (χ1v) is 7.58. The number of carbonyl (C=O) groups is 1. The molecule has 0 radical (unpaired) electrons. The van der Waals surface area contributed by atoms with Gasteiger partial charge in [-0.2, -0.15) is 0 Å². The zero-order valence-electron chi connectivity index (χ0n) is 14.1. The second-order valence-electron chi connectivity index (χ2n) is 4.86. The Morgan fingerprint density at radius 3 is 2.75 bits per heavy atom. The molecule has 0 bridgehead atoms. The van der Waals surface area contributed by atoms with Crippen molar-refractivity contribution in [2.24, 2.45) is 0 Å². The predicted octanol–water partition coefficient (Wildman–Crippen LogP) is 3.50. The van der Waals surface area contributed by atoms with Gasteiger partial charge in [0, 0.05) is 17.8 Å². The van der Waals surface area contributed by atoms with Crippen molar-refractivity contribution < 1.29 is 9.53 Å². The predicted molar refractivity (Wildman–Crippen MR) is 97.1 cm³/mol. The van der Waals surface area contributed by atoms with E-state index in [1.54, 1.807) is 37.4 Å². The van der Waals surface area contributed by atoms with Crippen LogP contribution in [0.3, 0.4) is 0 Å². The molecule has 0 spiro atoms. The summed E-state index contributed by atoms with van der Waals surface area (Å²) in [6.07, 6.45) is 12.4. The molecule has 0 aromatic carbocycles. The summed E-state index contributed by atoms with van der Waals surface area (Å²) in [6, 6.07) is 1.34. The van der Waals surface area contributed by atoms with E-state index in [9.17, 15) is 9.59 Å². The van der Waals surface area contributed by atoms with Crippen LogP contribution in [-0.2, 0) is 16.1 Å². The molecule has 126 valence electrons.